The van der Waals surface area contributed by atoms with Crippen molar-refractivity contribution in [2.75, 3.05) is 0 Å². The second-order valence-corrected chi connectivity index (χ2v) is 16.3. The van der Waals surface area contributed by atoms with Crippen LogP contribution >= 0.6 is 0 Å². The summed E-state index contributed by atoms with van der Waals surface area (Å²) in [6.45, 7) is 0. The lowest BCUT2D eigenvalue weighted by Gasteiger charge is -2.57. The van der Waals surface area contributed by atoms with E-state index in [0.29, 0.717) is 28.5 Å². The predicted octanol–water partition coefficient (Wildman–Crippen LogP) is 12.3. The van der Waals surface area contributed by atoms with Crippen LogP contribution in [-0.2, 0) is 5.41 Å². The van der Waals surface area contributed by atoms with E-state index >= 15 is 0 Å². The minimum atomic E-state index is 0.348. The second-order valence-electron chi connectivity index (χ2n) is 16.3. The lowest BCUT2D eigenvalue weighted by molar-refractivity contribution is -0.00518. The van der Waals surface area contributed by atoms with Crippen LogP contribution in [0.4, 0.5) is 0 Å². The fraction of sp³-hybridized carbons (Fsp3) is 0.200. The van der Waals surface area contributed by atoms with Crippen LogP contribution in [0.2, 0.25) is 0 Å². The Morgan fingerprint density at radius 2 is 0.926 bits per heavy atom. The van der Waals surface area contributed by atoms with Gasteiger partial charge in [0.2, 0.25) is 0 Å². The third-order valence-corrected chi connectivity index (χ3v) is 12.9. The molecule has 258 valence electrons. The minimum Gasteiger partial charge on any atom is -0.208 e. The predicted molar refractivity (Wildman–Crippen MR) is 219 cm³/mol. The summed E-state index contributed by atoms with van der Waals surface area (Å²) in [5, 5.41) is 16.3. The maximum atomic E-state index is 9.43. The number of benzene rings is 7. The number of nitrogens with zero attached hydrogens (tertiary/aromatic N) is 4. The average Bonchev–Trinajstić information content (AvgIpc) is 3.22. The monoisotopic (exact) mass is 694 g/mol. The van der Waals surface area contributed by atoms with Crippen molar-refractivity contribution in [3.05, 3.63) is 151 Å². The van der Waals surface area contributed by atoms with E-state index in [-0.39, 0.29) is 0 Å². The lowest BCUT2D eigenvalue weighted by atomic mass is 9.48. The largest absolute Gasteiger partial charge is 0.208 e. The zero-order valence-electron chi connectivity index (χ0n) is 30.0. The number of rotatable bonds is 5. The van der Waals surface area contributed by atoms with Gasteiger partial charge in [0, 0.05) is 16.7 Å². The van der Waals surface area contributed by atoms with Gasteiger partial charge in [0.05, 0.1) is 11.6 Å². The number of hydrogen-bond acceptors (Lipinski definition) is 4. The Kier molecular flexibility index (Phi) is 7.07. The van der Waals surface area contributed by atoms with Crippen LogP contribution in [0.15, 0.2) is 140 Å². The smallest absolute Gasteiger partial charge is 0.164 e. The molecule has 4 saturated carbocycles. The van der Waals surface area contributed by atoms with Crippen molar-refractivity contribution >= 4 is 32.3 Å². The third kappa shape index (κ3) is 5.30. The Hall–Kier alpha value is -6.18. The van der Waals surface area contributed by atoms with E-state index in [1.807, 2.05) is 18.2 Å². The van der Waals surface area contributed by atoms with E-state index in [1.54, 1.807) is 0 Å². The van der Waals surface area contributed by atoms with Gasteiger partial charge in [0.15, 0.2) is 17.5 Å². The molecule has 1 heterocycles. The first-order chi connectivity index (χ1) is 26.6. The van der Waals surface area contributed by atoms with Gasteiger partial charge in [-0.1, -0.05) is 115 Å². The molecule has 4 nitrogen and oxygen atoms in total. The quantitative estimate of drug-likeness (QED) is 0.168. The summed E-state index contributed by atoms with van der Waals surface area (Å²) in [6, 6.07) is 51.8. The Labute approximate surface area is 315 Å². The standard InChI is InChI=1S/C50H38N4/c51-30-31-5-19-45-41(24-31)12-13-42-26-43(16-20-46(42)45)49-53-47(37-9-6-36(7-10-37)40-11-8-35-3-1-2-4-39(35)25-40)52-48(54-49)38-14-17-44(18-15-38)50-27-32-21-33(28-50)23-34(22-32)29-50/h1-20,24-26,32-34H,21-23,27-29H2/t32-,33-,34-,50?. The van der Waals surface area contributed by atoms with Crippen LogP contribution in [-0.4, -0.2) is 15.0 Å². The molecule has 0 aliphatic heterocycles. The summed E-state index contributed by atoms with van der Waals surface area (Å²) in [5.74, 6) is 4.73. The van der Waals surface area contributed by atoms with Crippen LogP contribution in [0.25, 0.3) is 77.6 Å². The molecule has 54 heavy (non-hydrogen) atoms. The number of aromatic nitrogens is 3. The summed E-state index contributed by atoms with van der Waals surface area (Å²) in [6.07, 6.45) is 8.40. The van der Waals surface area contributed by atoms with Gasteiger partial charge in [-0.25, -0.2) is 15.0 Å². The topological polar surface area (TPSA) is 62.5 Å². The second kappa shape index (κ2) is 12.2. The van der Waals surface area contributed by atoms with Crippen molar-refractivity contribution in [1.29, 1.82) is 5.26 Å². The molecule has 7 aromatic carbocycles. The Bertz CT molecular complexity index is 2780. The summed E-state index contributed by atoms with van der Waals surface area (Å²) in [4.78, 5) is 15.4. The van der Waals surface area contributed by atoms with Gasteiger partial charge in [-0.05, 0) is 135 Å². The molecule has 4 bridgehead atoms. The molecule has 0 amide bonds. The van der Waals surface area contributed by atoms with Crippen molar-refractivity contribution in [1.82, 2.24) is 15.0 Å². The van der Waals surface area contributed by atoms with E-state index in [0.717, 1.165) is 61.6 Å². The third-order valence-electron chi connectivity index (χ3n) is 12.9. The van der Waals surface area contributed by atoms with Crippen molar-refractivity contribution in [2.24, 2.45) is 17.8 Å². The number of nitriles is 1. The molecular weight excluding hydrogens is 657 g/mol. The van der Waals surface area contributed by atoms with Crippen molar-refractivity contribution in [2.45, 2.75) is 43.9 Å². The highest BCUT2D eigenvalue weighted by atomic mass is 15.0. The molecule has 0 unspecified atom stereocenters. The first-order valence-electron chi connectivity index (χ1n) is 19.4. The molecule has 8 aromatic rings. The average molecular weight is 695 g/mol. The summed E-state index contributed by atoms with van der Waals surface area (Å²) >= 11 is 0. The van der Waals surface area contributed by atoms with E-state index in [9.17, 15) is 5.26 Å². The first kappa shape index (κ1) is 31.4. The SMILES string of the molecule is N#Cc1ccc2c(ccc3cc(-c4nc(-c5ccc(-c6ccc7ccccc7c6)cc5)nc(-c5ccc(C67C[C@H]8C[C@H](C6)C[C@@H](C7)C8)cc5)n4)ccc32)c1. The highest BCUT2D eigenvalue weighted by molar-refractivity contribution is 6.08. The maximum absolute atomic E-state index is 9.43. The molecule has 0 spiro atoms. The van der Waals surface area contributed by atoms with Crippen LogP contribution < -0.4 is 0 Å². The normalized spacial score (nSPS) is 21.5. The van der Waals surface area contributed by atoms with Gasteiger partial charge in [-0.2, -0.15) is 5.26 Å². The van der Waals surface area contributed by atoms with Crippen LogP contribution in [0.5, 0.6) is 0 Å². The van der Waals surface area contributed by atoms with Gasteiger partial charge in [0.25, 0.3) is 0 Å². The molecular formula is C50H38N4. The molecule has 0 radical (unpaired) electrons. The maximum Gasteiger partial charge on any atom is 0.164 e. The van der Waals surface area contributed by atoms with E-state index in [4.69, 9.17) is 15.0 Å². The van der Waals surface area contributed by atoms with Gasteiger partial charge in [-0.15, -0.1) is 0 Å². The molecule has 0 saturated heterocycles. The molecule has 12 rings (SSSR count). The minimum absolute atomic E-state index is 0.348. The molecule has 4 aliphatic carbocycles. The fourth-order valence-electron chi connectivity index (χ4n) is 10.7. The van der Waals surface area contributed by atoms with Crippen molar-refractivity contribution in [3.8, 4) is 51.4 Å². The number of hydrogen-bond donors (Lipinski definition) is 0. The highest BCUT2D eigenvalue weighted by Crippen LogP contribution is 2.60. The van der Waals surface area contributed by atoms with Gasteiger partial charge >= 0.3 is 0 Å². The van der Waals surface area contributed by atoms with E-state index in [1.165, 1.54) is 60.4 Å². The van der Waals surface area contributed by atoms with Gasteiger partial charge < -0.3 is 0 Å². The van der Waals surface area contributed by atoms with Gasteiger partial charge in [0.1, 0.15) is 0 Å². The van der Waals surface area contributed by atoms with Crippen molar-refractivity contribution in [3.63, 3.8) is 0 Å². The van der Waals surface area contributed by atoms with Crippen molar-refractivity contribution < 1.29 is 0 Å². The van der Waals surface area contributed by atoms with Crippen LogP contribution in [0.1, 0.15) is 49.7 Å². The molecule has 4 fully saturated rings. The van der Waals surface area contributed by atoms with Gasteiger partial charge in [-0.3, -0.25) is 0 Å². The zero-order valence-corrected chi connectivity index (χ0v) is 30.0. The Morgan fingerprint density at radius 1 is 0.444 bits per heavy atom. The summed E-state index contributed by atoms with van der Waals surface area (Å²) in [7, 11) is 0. The molecule has 0 atom stereocenters. The first-order valence-corrected chi connectivity index (χ1v) is 19.4. The summed E-state index contributed by atoms with van der Waals surface area (Å²) in [5.41, 5.74) is 7.77. The van der Waals surface area contributed by atoms with E-state index in [2.05, 4.69) is 127 Å². The summed E-state index contributed by atoms with van der Waals surface area (Å²) < 4.78 is 0. The van der Waals surface area contributed by atoms with Crippen LogP contribution in [0.3, 0.4) is 0 Å². The zero-order chi connectivity index (χ0) is 35.8. The molecule has 0 N–H and O–H groups in total. The highest BCUT2D eigenvalue weighted by Gasteiger charge is 2.51. The Balaban J connectivity index is 0.994. The molecule has 4 heteroatoms. The fourth-order valence-corrected chi connectivity index (χ4v) is 10.7. The Morgan fingerprint density at radius 3 is 1.57 bits per heavy atom. The number of fused-ring (bicyclic) bond motifs is 4. The van der Waals surface area contributed by atoms with Crippen LogP contribution in [0, 0.1) is 29.1 Å². The molecule has 1 aromatic heterocycles. The molecule has 4 aliphatic rings. The van der Waals surface area contributed by atoms with E-state index < -0.39 is 0 Å². The lowest BCUT2D eigenvalue weighted by Crippen LogP contribution is -2.48.